The highest BCUT2D eigenvalue weighted by Gasteiger charge is 2.42. The molecule has 2 amide bonds. The van der Waals surface area contributed by atoms with Crippen LogP contribution in [0, 0.1) is 17.8 Å². The maximum absolute atomic E-state index is 12.6. The molecule has 2 aliphatic heterocycles. The largest absolute Gasteiger partial charge is 0.455 e. The lowest BCUT2D eigenvalue weighted by Gasteiger charge is -2.39. The standard InChI is InChI=1S/C23H30N2O4/c1-15-6-5-9-19(16(15)2)25-13-18(12-21(25)26)23(28)29-14-22(27)24-11-10-17-7-3-4-8-20(17)24/h3-4,7-8,15-16,18-19H,5-6,9-14H2,1-2H3/t15-,16-,18-,19+/m1/s1. The van der Waals surface area contributed by atoms with Gasteiger partial charge in [-0.2, -0.15) is 0 Å². The topological polar surface area (TPSA) is 66.9 Å². The molecule has 4 rings (SSSR count). The van der Waals surface area contributed by atoms with E-state index in [1.807, 2.05) is 29.2 Å². The smallest absolute Gasteiger partial charge is 0.311 e. The Bertz CT molecular complexity index is 808. The Labute approximate surface area is 172 Å². The third-order valence-electron chi connectivity index (χ3n) is 7.08. The molecule has 2 heterocycles. The van der Waals surface area contributed by atoms with E-state index in [0.29, 0.717) is 24.9 Å². The zero-order valence-corrected chi connectivity index (χ0v) is 17.3. The lowest BCUT2D eigenvalue weighted by Crippen LogP contribution is -2.45. The molecule has 156 valence electrons. The van der Waals surface area contributed by atoms with E-state index in [0.717, 1.165) is 30.5 Å². The van der Waals surface area contributed by atoms with Crippen LogP contribution in [0.25, 0.3) is 0 Å². The fourth-order valence-electron chi connectivity index (χ4n) is 5.13. The van der Waals surface area contributed by atoms with Crippen molar-refractivity contribution in [3.63, 3.8) is 0 Å². The predicted octanol–water partition coefficient (Wildman–Crippen LogP) is 2.79. The molecule has 0 aromatic heterocycles. The van der Waals surface area contributed by atoms with Crippen LogP contribution in [-0.2, 0) is 25.5 Å². The number of para-hydroxylation sites is 1. The van der Waals surface area contributed by atoms with Crippen molar-refractivity contribution in [2.75, 3.05) is 24.6 Å². The van der Waals surface area contributed by atoms with Gasteiger partial charge in [0.2, 0.25) is 5.91 Å². The quantitative estimate of drug-likeness (QED) is 0.732. The number of nitrogens with zero attached hydrogens (tertiary/aromatic N) is 2. The summed E-state index contributed by atoms with van der Waals surface area (Å²) in [5.41, 5.74) is 2.04. The summed E-state index contributed by atoms with van der Waals surface area (Å²) in [6.45, 7) is 5.21. The normalized spacial score (nSPS) is 29.1. The number of ether oxygens (including phenoxy) is 1. The third kappa shape index (κ3) is 3.89. The summed E-state index contributed by atoms with van der Waals surface area (Å²) in [5.74, 6) is -0.0338. The van der Waals surface area contributed by atoms with E-state index < -0.39 is 11.9 Å². The Hall–Kier alpha value is -2.37. The monoisotopic (exact) mass is 398 g/mol. The molecule has 1 aromatic rings. The van der Waals surface area contributed by atoms with Crippen molar-refractivity contribution in [2.45, 2.75) is 52.0 Å². The molecular weight excluding hydrogens is 368 g/mol. The minimum atomic E-state index is -0.467. The molecule has 3 aliphatic rings. The number of fused-ring (bicyclic) bond motifs is 1. The second-order valence-corrected chi connectivity index (χ2v) is 8.81. The van der Waals surface area contributed by atoms with Gasteiger partial charge in [0.15, 0.2) is 6.61 Å². The lowest BCUT2D eigenvalue weighted by molar-refractivity contribution is -0.151. The average molecular weight is 399 g/mol. The number of rotatable bonds is 4. The molecule has 6 heteroatoms. The van der Waals surface area contributed by atoms with Crippen LogP contribution in [0.2, 0.25) is 0 Å². The number of amides is 2. The number of hydrogen-bond donors (Lipinski definition) is 0. The summed E-state index contributed by atoms with van der Waals surface area (Å²) in [4.78, 5) is 41.3. The van der Waals surface area contributed by atoms with E-state index in [-0.39, 0.29) is 30.9 Å². The first-order valence-corrected chi connectivity index (χ1v) is 10.8. The Balaban J connectivity index is 1.32. The summed E-state index contributed by atoms with van der Waals surface area (Å²) in [6, 6.07) is 8.01. The van der Waals surface area contributed by atoms with Crippen LogP contribution in [-0.4, -0.2) is 48.4 Å². The molecular formula is C23H30N2O4. The molecule has 0 unspecified atom stereocenters. The van der Waals surface area contributed by atoms with Gasteiger partial charge in [0.25, 0.3) is 5.91 Å². The molecule has 29 heavy (non-hydrogen) atoms. The van der Waals surface area contributed by atoms with E-state index in [2.05, 4.69) is 13.8 Å². The van der Waals surface area contributed by atoms with Crippen molar-refractivity contribution in [2.24, 2.45) is 17.8 Å². The van der Waals surface area contributed by atoms with Crippen molar-refractivity contribution >= 4 is 23.5 Å². The van der Waals surface area contributed by atoms with Crippen LogP contribution < -0.4 is 4.90 Å². The summed E-state index contributed by atoms with van der Waals surface area (Å²) in [6.07, 6.45) is 4.34. The van der Waals surface area contributed by atoms with Gasteiger partial charge < -0.3 is 14.5 Å². The van der Waals surface area contributed by atoms with Gasteiger partial charge in [-0.25, -0.2) is 0 Å². The molecule has 0 N–H and O–H groups in total. The number of anilines is 1. The highest BCUT2D eigenvalue weighted by atomic mass is 16.5. The summed E-state index contributed by atoms with van der Waals surface area (Å²) in [5, 5.41) is 0. The number of carbonyl (C=O) groups is 3. The van der Waals surface area contributed by atoms with Crippen molar-refractivity contribution in [1.29, 1.82) is 0 Å². The van der Waals surface area contributed by atoms with Crippen LogP contribution in [0.15, 0.2) is 24.3 Å². The fraction of sp³-hybridized carbons (Fsp3) is 0.609. The van der Waals surface area contributed by atoms with Gasteiger partial charge in [-0.15, -0.1) is 0 Å². The third-order valence-corrected chi connectivity index (χ3v) is 7.08. The molecule has 0 bridgehead atoms. The molecule has 6 nitrogen and oxygen atoms in total. The minimum Gasteiger partial charge on any atom is -0.455 e. The first-order chi connectivity index (χ1) is 14.0. The number of esters is 1. The summed E-state index contributed by atoms with van der Waals surface area (Å²) < 4.78 is 5.34. The van der Waals surface area contributed by atoms with Crippen LogP contribution in [0.4, 0.5) is 5.69 Å². The van der Waals surface area contributed by atoms with Crippen molar-refractivity contribution in [3.05, 3.63) is 29.8 Å². The molecule has 0 spiro atoms. The van der Waals surface area contributed by atoms with E-state index in [1.54, 1.807) is 4.90 Å². The summed E-state index contributed by atoms with van der Waals surface area (Å²) in [7, 11) is 0. The molecule has 2 fully saturated rings. The SMILES string of the molecule is C[C@@H]1[C@H](C)CCC[C@@H]1N1C[C@H](C(=O)OCC(=O)N2CCc3ccccc32)CC1=O. The Morgan fingerprint density at radius 2 is 1.97 bits per heavy atom. The van der Waals surface area contributed by atoms with E-state index in [1.165, 1.54) is 6.42 Å². The van der Waals surface area contributed by atoms with Crippen LogP contribution in [0.3, 0.4) is 0 Å². The zero-order valence-electron chi connectivity index (χ0n) is 17.3. The number of hydrogen-bond acceptors (Lipinski definition) is 4. The Morgan fingerprint density at radius 3 is 2.79 bits per heavy atom. The van der Waals surface area contributed by atoms with E-state index in [4.69, 9.17) is 4.74 Å². The van der Waals surface area contributed by atoms with Crippen LogP contribution >= 0.6 is 0 Å². The van der Waals surface area contributed by atoms with Crippen molar-refractivity contribution in [3.8, 4) is 0 Å². The average Bonchev–Trinajstić information content (AvgIpc) is 3.32. The second-order valence-electron chi connectivity index (χ2n) is 8.81. The van der Waals surface area contributed by atoms with Gasteiger partial charge in [0, 0.05) is 31.2 Å². The van der Waals surface area contributed by atoms with Crippen LogP contribution in [0.5, 0.6) is 0 Å². The van der Waals surface area contributed by atoms with Gasteiger partial charge in [0.05, 0.1) is 5.92 Å². The molecule has 4 atom stereocenters. The Morgan fingerprint density at radius 1 is 1.17 bits per heavy atom. The second kappa shape index (κ2) is 8.17. The molecule has 1 saturated carbocycles. The maximum Gasteiger partial charge on any atom is 0.311 e. The van der Waals surface area contributed by atoms with Crippen molar-refractivity contribution < 1.29 is 19.1 Å². The highest BCUT2D eigenvalue weighted by molar-refractivity contribution is 5.97. The number of carbonyl (C=O) groups excluding carboxylic acids is 3. The van der Waals surface area contributed by atoms with Gasteiger partial charge in [-0.1, -0.05) is 44.9 Å². The van der Waals surface area contributed by atoms with Gasteiger partial charge in [0.1, 0.15) is 0 Å². The predicted molar refractivity (Wildman–Crippen MR) is 109 cm³/mol. The maximum atomic E-state index is 12.6. The molecule has 1 aliphatic carbocycles. The van der Waals surface area contributed by atoms with Gasteiger partial charge >= 0.3 is 5.97 Å². The highest BCUT2D eigenvalue weighted by Crippen LogP contribution is 2.36. The first kappa shape index (κ1) is 19.9. The van der Waals surface area contributed by atoms with Crippen LogP contribution in [0.1, 0.15) is 45.1 Å². The molecule has 1 aromatic carbocycles. The lowest BCUT2D eigenvalue weighted by atomic mass is 9.77. The number of benzene rings is 1. The zero-order chi connectivity index (χ0) is 20.5. The van der Waals surface area contributed by atoms with Gasteiger partial charge in [-0.05, 0) is 36.3 Å². The van der Waals surface area contributed by atoms with Crippen molar-refractivity contribution in [1.82, 2.24) is 4.90 Å². The summed E-state index contributed by atoms with van der Waals surface area (Å²) >= 11 is 0. The van der Waals surface area contributed by atoms with E-state index in [9.17, 15) is 14.4 Å². The molecule has 0 radical (unpaired) electrons. The van der Waals surface area contributed by atoms with E-state index >= 15 is 0 Å². The molecule has 1 saturated heterocycles. The Kier molecular flexibility index (Phi) is 5.61. The fourth-order valence-corrected chi connectivity index (χ4v) is 5.13. The number of likely N-dealkylation sites (tertiary alicyclic amines) is 1. The minimum absolute atomic E-state index is 0.0395. The van der Waals surface area contributed by atoms with Gasteiger partial charge in [-0.3, -0.25) is 14.4 Å². The first-order valence-electron chi connectivity index (χ1n) is 10.8.